The van der Waals surface area contributed by atoms with Gasteiger partial charge in [0.15, 0.2) is 0 Å². The first-order valence-corrected chi connectivity index (χ1v) is 9.00. The molecule has 3 unspecified atom stereocenters. The van der Waals surface area contributed by atoms with Gasteiger partial charge in [0.2, 0.25) is 0 Å². The number of rotatable bonds is 4. The van der Waals surface area contributed by atoms with Crippen LogP contribution in [-0.2, 0) is 4.74 Å². The molecule has 3 atom stereocenters. The van der Waals surface area contributed by atoms with Crippen LogP contribution in [0.15, 0.2) is 0 Å². The van der Waals surface area contributed by atoms with Crippen molar-refractivity contribution in [3.8, 4) is 0 Å². The van der Waals surface area contributed by atoms with E-state index in [1.165, 1.54) is 70.6 Å². The molecule has 1 aliphatic heterocycles. The maximum absolute atomic E-state index is 5.85. The largest absolute Gasteiger partial charge is 0.378 e. The molecule has 0 aromatic carbocycles. The fraction of sp³-hybridized carbons (Fsp3) is 1.00. The molecule has 1 saturated heterocycles. The first kappa shape index (κ1) is 13.9. The Balaban J connectivity index is 1.54. The topological polar surface area (TPSA) is 9.23 Å². The first-order valence-electron chi connectivity index (χ1n) is 9.00. The van der Waals surface area contributed by atoms with Crippen molar-refractivity contribution in [1.82, 2.24) is 0 Å². The molecular weight excluding hydrogens is 232 g/mol. The Hall–Kier alpha value is -0.0400. The molecule has 3 fully saturated rings. The summed E-state index contributed by atoms with van der Waals surface area (Å²) in [5, 5.41) is 0. The van der Waals surface area contributed by atoms with Crippen LogP contribution in [0.1, 0.15) is 77.6 Å². The summed E-state index contributed by atoms with van der Waals surface area (Å²) >= 11 is 0. The lowest BCUT2D eigenvalue weighted by atomic mass is 9.64. The van der Waals surface area contributed by atoms with E-state index in [0.717, 1.165) is 30.3 Å². The van der Waals surface area contributed by atoms with Crippen molar-refractivity contribution in [3.63, 3.8) is 0 Å². The minimum atomic E-state index is 0.652. The van der Waals surface area contributed by atoms with E-state index in [1.807, 2.05) is 0 Å². The predicted octanol–water partition coefficient (Wildman–Crippen LogP) is 5.19. The van der Waals surface area contributed by atoms with Crippen molar-refractivity contribution >= 4 is 0 Å². The maximum atomic E-state index is 5.85. The minimum Gasteiger partial charge on any atom is -0.378 e. The molecule has 1 heterocycles. The van der Waals surface area contributed by atoms with Crippen LogP contribution >= 0.6 is 0 Å². The van der Waals surface area contributed by atoms with Gasteiger partial charge in [0, 0.05) is 6.61 Å². The molecule has 2 saturated carbocycles. The van der Waals surface area contributed by atoms with E-state index in [-0.39, 0.29) is 0 Å². The summed E-state index contributed by atoms with van der Waals surface area (Å²) in [6.07, 6.45) is 16.9. The lowest BCUT2D eigenvalue weighted by molar-refractivity contribution is -0.116. The average molecular weight is 264 g/mol. The molecule has 3 rings (SSSR count). The third-order valence-corrected chi connectivity index (χ3v) is 6.28. The van der Waals surface area contributed by atoms with Crippen LogP contribution < -0.4 is 0 Å². The Kier molecular flexibility index (Phi) is 4.84. The van der Waals surface area contributed by atoms with Crippen LogP contribution in [0.4, 0.5) is 0 Å². The normalized spacial score (nSPS) is 43.7. The van der Waals surface area contributed by atoms with Gasteiger partial charge in [0.25, 0.3) is 0 Å². The summed E-state index contributed by atoms with van der Waals surface area (Å²) < 4.78 is 5.85. The van der Waals surface area contributed by atoms with E-state index in [0.29, 0.717) is 6.10 Å². The SMILES string of the molecule is CCCC1CCC(C2CCCCC2C2CCO2)CC1. The van der Waals surface area contributed by atoms with Gasteiger partial charge in [0.05, 0.1) is 6.10 Å². The Bertz CT molecular complexity index is 263. The molecular formula is C18H32O. The third kappa shape index (κ3) is 3.17. The second-order valence-electron chi connectivity index (χ2n) is 7.38. The summed E-state index contributed by atoms with van der Waals surface area (Å²) in [5.74, 6) is 4.04. The standard InChI is InChI=1S/C18H32O/c1-2-5-14-8-10-15(11-9-14)16-6-3-4-7-17(16)18-12-13-19-18/h14-18H,2-13H2,1H3. The molecule has 0 amide bonds. The van der Waals surface area contributed by atoms with Gasteiger partial charge in [-0.15, -0.1) is 0 Å². The van der Waals surface area contributed by atoms with Crippen LogP contribution in [0.3, 0.4) is 0 Å². The molecule has 0 spiro atoms. The zero-order chi connectivity index (χ0) is 13.1. The number of hydrogen-bond donors (Lipinski definition) is 0. The zero-order valence-electron chi connectivity index (χ0n) is 12.8. The number of hydrogen-bond acceptors (Lipinski definition) is 1. The van der Waals surface area contributed by atoms with Crippen LogP contribution in [0, 0.1) is 23.7 Å². The van der Waals surface area contributed by atoms with Crippen molar-refractivity contribution in [2.75, 3.05) is 6.61 Å². The Labute approximate surface area is 119 Å². The first-order chi connectivity index (χ1) is 9.38. The summed E-state index contributed by atoms with van der Waals surface area (Å²) in [5.41, 5.74) is 0. The third-order valence-electron chi connectivity index (χ3n) is 6.28. The Morgan fingerprint density at radius 2 is 1.53 bits per heavy atom. The highest BCUT2D eigenvalue weighted by Gasteiger charge is 2.40. The van der Waals surface area contributed by atoms with Gasteiger partial charge in [-0.1, -0.05) is 45.4 Å². The van der Waals surface area contributed by atoms with Gasteiger partial charge in [-0.25, -0.2) is 0 Å². The van der Waals surface area contributed by atoms with Gasteiger partial charge in [-0.3, -0.25) is 0 Å². The molecule has 19 heavy (non-hydrogen) atoms. The quantitative estimate of drug-likeness (QED) is 0.679. The van der Waals surface area contributed by atoms with Gasteiger partial charge in [-0.2, -0.15) is 0 Å². The average Bonchev–Trinajstić information content (AvgIpc) is 2.39. The van der Waals surface area contributed by atoms with Crippen molar-refractivity contribution in [2.24, 2.45) is 23.7 Å². The smallest absolute Gasteiger partial charge is 0.0627 e. The molecule has 0 aromatic heterocycles. The van der Waals surface area contributed by atoms with E-state index in [9.17, 15) is 0 Å². The van der Waals surface area contributed by atoms with Crippen LogP contribution in [0.2, 0.25) is 0 Å². The van der Waals surface area contributed by atoms with Gasteiger partial charge in [-0.05, 0) is 55.8 Å². The lowest BCUT2D eigenvalue weighted by Gasteiger charge is -2.46. The van der Waals surface area contributed by atoms with Crippen LogP contribution in [0.5, 0.6) is 0 Å². The molecule has 0 bridgehead atoms. The maximum Gasteiger partial charge on any atom is 0.0627 e. The highest BCUT2D eigenvalue weighted by Crippen LogP contribution is 2.46. The minimum absolute atomic E-state index is 0.652. The molecule has 0 aromatic rings. The van der Waals surface area contributed by atoms with E-state index in [2.05, 4.69) is 6.92 Å². The predicted molar refractivity (Wildman–Crippen MR) is 80.2 cm³/mol. The van der Waals surface area contributed by atoms with E-state index < -0.39 is 0 Å². The van der Waals surface area contributed by atoms with Gasteiger partial charge in [0.1, 0.15) is 0 Å². The molecule has 2 aliphatic carbocycles. The van der Waals surface area contributed by atoms with E-state index in [1.54, 1.807) is 0 Å². The van der Waals surface area contributed by atoms with E-state index >= 15 is 0 Å². The Morgan fingerprint density at radius 3 is 2.11 bits per heavy atom. The van der Waals surface area contributed by atoms with E-state index in [4.69, 9.17) is 4.74 Å². The second kappa shape index (κ2) is 6.61. The monoisotopic (exact) mass is 264 g/mol. The molecule has 3 aliphatic rings. The molecule has 1 nitrogen and oxygen atoms in total. The molecule has 1 heteroatoms. The fourth-order valence-corrected chi connectivity index (χ4v) is 5.14. The fourth-order valence-electron chi connectivity index (χ4n) is 5.14. The van der Waals surface area contributed by atoms with Crippen LogP contribution in [0.25, 0.3) is 0 Å². The summed E-state index contributed by atoms with van der Waals surface area (Å²) in [4.78, 5) is 0. The second-order valence-corrected chi connectivity index (χ2v) is 7.38. The van der Waals surface area contributed by atoms with Crippen molar-refractivity contribution < 1.29 is 4.74 Å². The zero-order valence-corrected chi connectivity index (χ0v) is 12.8. The summed E-state index contributed by atoms with van der Waals surface area (Å²) in [6, 6.07) is 0. The summed E-state index contributed by atoms with van der Waals surface area (Å²) in [6.45, 7) is 3.38. The van der Waals surface area contributed by atoms with Gasteiger partial charge < -0.3 is 4.74 Å². The molecule has 0 radical (unpaired) electrons. The molecule has 110 valence electrons. The number of ether oxygens (including phenoxy) is 1. The van der Waals surface area contributed by atoms with Crippen molar-refractivity contribution in [2.45, 2.75) is 83.7 Å². The lowest BCUT2D eigenvalue weighted by Crippen LogP contribution is -2.42. The van der Waals surface area contributed by atoms with Crippen molar-refractivity contribution in [3.05, 3.63) is 0 Å². The van der Waals surface area contributed by atoms with Crippen LogP contribution in [-0.4, -0.2) is 12.7 Å². The molecule has 0 N–H and O–H groups in total. The highest BCUT2D eigenvalue weighted by atomic mass is 16.5. The highest BCUT2D eigenvalue weighted by molar-refractivity contribution is 4.89. The van der Waals surface area contributed by atoms with Crippen molar-refractivity contribution in [1.29, 1.82) is 0 Å². The van der Waals surface area contributed by atoms with Gasteiger partial charge >= 0.3 is 0 Å². The summed E-state index contributed by atoms with van der Waals surface area (Å²) in [7, 11) is 0. The Morgan fingerprint density at radius 1 is 0.842 bits per heavy atom.